The van der Waals surface area contributed by atoms with Gasteiger partial charge in [0, 0.05) is 19.3 Å². The molecule has 1 N–H and O–H groups in total. The van der Waals surface area contributed by atoms with E-state index >= 15 is 0 Å². The molecular formula is C15H26N2O. The summed E-state index contributed by atoms with van der Waals surface area (Å²) >= 11 is 0. The highest BCUT2D eigenvalue weighted by Crippen LogP contribution is 2.17. The molecular weight excluding hydrogens is 224 g/mol. The van der Waals surface area contributed by atoms with E-state index in [9.17, 15) is 0 Å². The van der Waals surface area contributed by atoms with E-state index in [1.807, 2.05) is 12.1 Å². The van der Waals surface area contributed by atoms with Gasteiger partial charge in [-0.05, 0) is 49.7 Å². The fourth-order valence-electron chi connectivity index (χ4n) is 1.80. The van der Waals surface area contributed by atoms with E-state index in [0.717, 1.165) is 37.7 Å². The molecule has 0 amide bonds. The van der Waals surface area contributed by atoms with Gasteiger partial charge in [0.2, 0.25) is 0 Å². The predicted octanol–water partition coefficient (Wildman–Crippen LogP) is 2.77. The summed E-state index contributed by atoms with van der Waals surface area (Å²) < 4.78 is 5.16. The SMILES string of the molecule is COc1ccc(N(C)CCCNCC(C)C)cc1. The summed E-state index contributed by atoms with van der Waals surface area (Å²) in [6, 6.07) is 8.20. The summed E-state index contributed by atoms with van der Waals surface area (Å²) in [7, 11) is 3.82. The number of hydrogen-bond donors (Lipinski definition) is 1. The Labute approximate surface area is 111 Å². The first-order valence-electron chi connectivity index (χ1n) is 6.69. The molecule has 0 spiro atoms. The molecule has 3 nitrogen and oxygen atoms in total. The van der Waals surface area contributed by atoms with Gasteiger partial charge in [0.15, 0.2) is 0 Å². The fraction of sp³-hybridized carbons (Fsp3) is 0.600. The number of rotatable bonds is 8. The Morgan fingerprint density at radius 3 is 2.44 bits per heavy atom. The Morgan fingerprint density at radius 2 is 1.89 bits per heavy atom. The number of nitrogens with one attached hydrogen (secondary N) is 1. The number of methoxy groups -OCH3 is 1. The third-order valence-electron chi connectivity index (χ3n) is 2.91. The standard InChI is InChI=1S/C15H26N2O/c1-13(2)12-16-10-5-11-17(3)14-6-8-15(18-4)9-7-14/h6-9,13,16H,5,10-12H2,1-4H3. The largest absolute Gasteiger partial charge is 0.497 e. The summed E-state index contributed by atoms with van der Waals surface area (Å²) in [4.78, 5) is 2.27. The van der Waals surface area contributed by atoms with Crippen LogP contribution in [-0.4, -0.2) is 33.8 Å². The van der Waals surface area contributed by atoms with Crippen molar-refractivity contribution in [1.82, 2.24) is 5.32 Å². The smallest absolute Gasteiger partial charge is 0.119 e. The second kappa shape index (κ2) is 7.98. The second-order valence-corrected chi connectivity index (χ2v) is 5.07. The Balaban J connectivity index is 2.25. The van der Waals surface area contributed by atoms with Crippen LogP contribution in [0, 0.1) is 5.92 Å². The molecule has 0 heterocycles. The zero-order chi connectivity index (χ0) is 13.4. The van der Waals surface area contributed by atoms with E-state index in [4.69, 9.17) is 4.74 Å². The zero-order valence-electron chi connectivity index (χ0n) is 12.1. The van der Waals surface area contributed by atoms with Crippen molar-refractivity contribution in [3.8, 4) is 5.75 Å². The minimum absolute atomic E-state index is 0.726. The van der Waals surface area contributed by atoms with Crippen molar-refractivity contribution >= 4 is 5.69 Å². The number of hydrogen-bond acceptors (Lipinski definition) is 3. The molecule has 1 aromatic rings. The molecule has 0 fully saturated rings. The molecule has 0 aliphatic carbocycles. The first-order valence-corrected chi connectivity index (χ1v) is 6.69. The van der Waals surface area contributed by atoms with Crippen molar-refractivity contribution in [2.24, 2.45) is 5.92 Å². The van der Waals surface area contributed by atoms with Gasteiger partial charge in [-0.3, -0.25) is 0 Å². The lowest BCUT2D eigenvalue weighted by atomic mass is 10.2. The van der Waals surface area contributed by atoms with Crippen LogP contribution in [0.25, 0.3) is 0 Å². The molecule has 0 saturated heterocycles. The van der Waals surface area contributed by atoms with Crippen molar-refractivity contribution < 1.29 is 4.74 Å². The molecule has 3 heteroatoms. The highest BCUT2D eigenvalue weighted by atomic mass is 16.5. The number of ether oxygens (including phenoxy) is 1. The van der Waals surface area contributed by atoms with E-state index in [-0.39, 0.29) is 0 Å². The summed E-state index contributed by atoms with van der Waals surface area (Å²) in [5, 5.41) is 3.46. The molecule has 0 bridgehead atoms. The normalized spacial score (nSPS) is 10.7. The number of nitrogens with zero attached hydrogens (tertiary/aromatic N) is 1. The third-order valence-corrected chi connectivity index (χ3v) is 2.91. The van der Waals surface area contributed by atoms with Gasteiger partial charge < -0.3 is 15.0 Å². The van der Waals surface area contributed by atoms with Gasteiger partial charge in [-0.1, -0.05) is 13.8 Å². The second-order valence-electron chi connectivity index (χ2n) is 5.07. The highest BCUT2D eigenvalue weighted by Gasteiger charge is 2.01. The van der Waals surface area contributed by atoms with E-state index in [1.54, 1.807) is 7.11 Å². The van der Waals surface area contributed by atoms with Crippen LogP contribution >= 0.6 is 0 Å². The lowest BCUT2D eigenvalue weighted by Gasteiger charge is -2.19. The molecule has 102 valence electrons. The monoisotopic (exact) mass is 250 g/mol. The van der Waals surface area contributed by atoms with Crippen molar-refractivity contribution in [3.63, 3.8) is 0 Å². The van der Waals surface area contributed by atoms with E-state index in [0.29, 0.717) is 0 Å². The first-order chi connectivity index (χ1) is 8.63. The lowest BCUT2D eigenvalue weighted by molar-refractivity contribution is 0.415. The van der Waals surface area contributed by atoms with Crippen LogP contribution in [0.3, 0.4) is 0 Å². The van der Waals surface area contributed by atoms with Crippen LogP contribution < -0.4 is 15.0 Å². The molecule has 0 radical (unpaired) electrons. The molecule has 0 aromatic heterocycles. The van der Waals surface area contributed by atoms with Gasteiger partial charge in [-0.2, -0.15) is 0 Å². The van der Waals surface area contributed by atoms with Crippen LogP contribution in [0.2, 0.25) is 0 Å². The zero-order valence-corrected chi connectivity index (χ0v) is 12.1. The summed E-state index contributed by atoms with van der Waals surface area (Å²) in [6.45, 7) is 7.72. The Bertz CT molecular complexity index is 322. The molecule has 0 atom stereocenters. The van der Waals surface area contributed by atoms with Crippen molar-refractivity contribution in [2.75, 3.05) is 38.7 Å². The molecule has 0 unspecified atom stereocenters. The first kappa shape index (κ1) is 14.8. The Morgan fingerprint density at radius 1 is 1.22 bits per heavy atom. The van der Waals surface area contributed by atoms with Gasteiger partial charge in [0.25, 0.3) is 0 Å². The molecule has 18 heavy (non-hydrogen) atoms. The van der Waals surface area contributed by atoms with Gasteiger partial charge in [0.1, 0.15) is 5.75 Å². The van der Waals surface area contributed by atoms with Crippen LogP contribution in [0.5, 0.6) is 5.75 Å². The van der Waals surface area contributed by atoms with Gasteiger partial charge in [-0.15, -0.1) is 0 Å². The van der Waals surface area contributed by atoms with Crippen LogP contribution in [0.1, 0.15) is 20.3 Å². The van der Waals surface area contributed by atoms with Crippen molar-refractivity contribution in [2.45, 2.75) is 20.3 Å². The van der Waals surface area contributed by atoms with Gasteiger partial charge >= 0.3 is 0 Å². The molecule has 1 aromatic carbocycles. The highest BCUT2D eigenvalue weighted by molar-refractivity contribution is 5.48. The number of anilines is 1. The van der Waals surface area contributed by atoms with Crippen LogP contribution in [-0.2, 0) is 0 Å². The molecule has 0 saturated carbocycles. The summed E-state index contributed by atoms with van der Waals surface area (Å²) in [6.07, 6.45) is 1.16. The molecule has 0 aliphatic heterocycles. The van der Waals surface area contributed by atoms with Crippen LogP contribution in [0.4, 0.5) is 5.69 Å². The van der Waals surface area contributed by atoms with E-state index < -0.39 is 0 Å². The maximum absolute atomic E-state index is 5.16. The van der Waals surface area contributed by atoms with Crippen molar-refractivity contribution in [3.05, 3.63) is 24.3 Å². The summed E-state index contributed by atoms with van der Waals surface area (Å²) in [5.41, 5.74) is 1.24. The summed E-state index contributed by atoms with van der Waals surface area (Å²) in [5.74, 6) is 1.63. The third kappa shape index (κ3) is 5.41. The average Bonchev–Trinajstić information content (AvgIpc) is 2.38. The topological polar surface area (TPSA) is 24.5 Å². The van der Waals surface area contributed by atoms with Crippen LogP contribution in [0.15, 0.2) is 24.3 Å². The van der Waals surface area contributed by atoms with E-state index in [2.05, 4.69) is 43.2 Å². The minimum atomic E-state index is 0.726. The quantitative estimate of drug-likeness (QED) is 0.718. The average molecular weight is 250 g/mol. The molecule has 0 aliphatic rings. The number of benzene rings is 1. The fourth-order valence-corrected chi connectivity index (χ4v) is 1.80. The van der Waals surface area contributed by atoms with Gasteiger partial charge in [-0.25, -0.2) is 0 Å². The predicted molar refractivity (Wildman–Crippen MR) is 78.6 cm³/mol. The Hall–Kier alpha value is -1.22. The van der Waals surface area contributed by atoms with Gasteiger partial charge in [0.05, 0.1) is 7.11 Å². The van der Waals surface area contributed by atoms with E-state index in [1.165, 1.54) is 5.69 Å². The molecule has 1 rings (SSSR count). The Kier molecular flexibility index (Phi) is 6.58. The van der Waals surface area contributed by atoms with Crippen molar-refractivity contribution in [1.29, 1.82) is 0 Å². The minimum Gasteiger partial charge on any atom is -0.497 e. The lowest BCUT2D eigenvalue weighted by Crippen LogP contribution is -2.25. The maximum Gasteiger partial charge on any atom is 0.119 e. The maximum atomic E-state index is 5.16.